The van der Waals surface area contributed by atoms with Crippen LogP contribution in [-0.4, -0.2) is 11.6 Å². The van der Waals surface area contributed by atoms with Crippen molar-refractivity contribution in [1.82, 2.24) is 0 Å². The van der Waals surface area contributed by atoms with Gasteiger partial charge in [0.25, 0.3) is 0 Å². The van der Waals surface area contributed by atoms with Crippen LogP contribution in [0.15, 0.2) is 83.3 Å². The van der Waals surface area contributed by atoms with Gasteiger partial charge in [0, 0.05) is 26.7 Å². The molecule has 0 N–H and O–H groups in total. The van der Waals surface area contributed by atoms with Crippen LogP contribution in [-0.2, 0) is 0 Å². The van der Waals surface area contributed by atoms with Crippen LogP contribution in [0.4, 0.5) is 0 Å². The van der Waals surface area contributed by atoms with E-state index >= 15 is 0 Å². The lowest BCUT2D eigenvalue weighted by atomic mass is 9.99. The van der Waals surface area contributed by atoms with Crippen LogP contribution in [0.5, 0.6) is 0 Å². The van der Waals surface area contributed by atoms with Crippen molar-refractivity contribution in [3.63, 3.8) is 0 Å². The average molecular weight is 365 g/mol. The number of carbonyl (C=O) groups excluding carboxylic acids is 2. The average Bonchev–Trinajstić information content (AvgIpc) is 2.62. The molecule has 112 valence electrons. The summed E-state index contributed by atoms with van der Waals surface area (Å²) < 4.78 is 0.929. The molecule has 0 fully saturated rings. The largest absolute Gasteiger partial charge is 0.289 e. The summed E-state index contributed by atoms with van der Waals surface area (Å²) in [6, 6.07) is 23.1. The predicted molar refractivity (Wildman–Crippen MR) is 93.9 cm³/mol. The third kappa shape index (κ3) is 3.46. The fourth-order valence-electron chi connectivity index (χ4n) is 2.30. The molecule has 3 heteroatoms. The maximum Gasteiger partial charge on any atom is 0.193 e. The number of carbonyl (C=O) groups is 2. The molecule has 0 amide bonds. The molecule has 0 aliphatic rings. The molecule has 0 aliphatic carbocycles. The van der Waals surface area contributed by atoms with E-state index in [2.05, 4.69) is 15.9 Å². The number of hydrogen-bond donors (Lipinski definition) is 0. The van der Waals surface area contributed by atoms with E-state index < -0.39 is 0 Å². The monoisotopic (exact) mass is 364 g/mol. The number of halogens is 1. The van der Waals surface area contributed by atoms with Gasteiger partial charge in [0.05, 0.1) is 0 Å². The smallest absolute Gasteiger partial charge is 0.193 e. The summed E-state index contributed by atoms with van der Waals surface area (Å²) in [4.78, 5) is 24.8. The van der Waals surface area contributed by atoms with Crippen molar-refractivity contribution >= 4 is 27.5 Å². The molecule has 0 radical (unpaired) electrons. The molecule has 0 saturated heterocycles. The first-order valence-electron chi connectivity index (χ1n) is 7.15. The lowest BCUT2D eigenvalue weighted by Gasteiger charge is -2.04. The molecule has 0 spiro atoms. The van der Waals surface area contributed by atoms with Gasteiger partial charge >= 0.3 is 0 Å². The van der Waals surface area contributed by atoms with Gasteiger partial charge in [-0.2, -0.15) is 0 Å². The Labute approximate surface area is 142 Å². The van der Waals surface area contributed by atoms with E-state index in [-0.39, 0.29) is 11.6 Å². The number of benzene rings is 3. The van der Waals surface area contributed by atoms with E-state index in [0.717, 1.165) is 4.47 Å². The molecule has 0 unspecified atom stereocenters. The molecular weight excluding hydrogens is 352 g/mol. The molecule has 23 heavy (non-hydrogen) atoms. The molecule has 3 aromatic rings. The fourth-order valence-corrected chi connectivity index (χ4v) is 2.56. The Balaban J connectivity index is 1.83. The van der Waals surface area contributed by atoms with E-state index in [1.54, 1.807) is 48.5 Å². The van der Waals surface area contributed by atoms with Crippen molar-refractivity contribution in [3.8, 4) is 0 Å². The molecule has 3 rings (SSSR count). The van der Waals surface area contributed by atoms with E-state index in [9.17, 15) is 9.59 Å². The van der Waals surface area contributed by atoms with Crippen molar-refractivity contribution < 1.29 is 9.59 Å². The van der Waals surface area contributed by atoms with Gasteiger partial charge in [0.1, 0.15) is 0 Å². The molecule has 0 atom stereocenters. The first kappa shape index (κ1) is 15.4. The molecule has 0 aliphatic heterocycles. The van der Waals surface area contributed by atoms with Crippen molar-refractivity contribution in [2.45, 2.75) is 0 Å². The van der Waals surface area contributed by atoms with Gasteiger partial charge in [0.2, 0.25) is 0 Å². The summed E-state index contributed by atoms with van der Waals surface area (Å²) >= 11 is 3.35. The van der Waals surface area contributed by atoms with E-state index in [1.165, 1.54) is 0 Å². The Hall–Kier alpha value is -2.52. The molecule has 0 saturated carbocycles. The minimum atomic E-state index is -0.0591. The third-order valence-electron chi connectivity index (χ3n) is 3.55. The standard InChI is InChI=1S/C20H13BrO2/c21-18-12-10-17(11-13-18)20(23)16-8-6-15(7-9-16)19(22)14-4-2-1-3-5-14/h1-13H. The highest BCUT2D eigenvalue weighted by Crippen LogP contribution is 2.16. The van der Waals surface area contributed by atoms with Crippen LogP contribution < -0.4 is 0 Å². The van der Waals surface area contributed by atoms with Gasteiger partial charge < -0.3 is 0 Å². The zero-order chi connectivity index (χ0) is 16.2. The van der Waals surface area contributed by atoms with Gasteiger partial charge in [-0.25, -0.2) is 0 Å². The summed E-state index contributed by atoms with van der Waals surface area (Å²) in [6.45, 7) is 0. The van der Waals surface area contributed by atoms with Crippen LogP contribution in [0.25, 0.3) is 0 Å². The second-order valence-electron chi connectivity index (χ2n) is 5.11. The lowest BCUT2D eigenvalue weighted by molar-refractivity contribution is 0.102. The maximum absolute atomic E-state index is 12.4. The molecule has 0 heterocycles. The summed E-state index contributed by atoms with van der Waals surface area (Å²) in [6.07, 6.45) is 0. The second-order valence-corrected chi connectivity index (χ2v) is 6.02. The van der Waals surface area contributed by atoms with Crippen LogP contribution in [0, 0.1) is 0 Å². The summed E-state index contributed by atoms with van der Waals surface area (Å²) in [5.74, 6) is -0.107. The van der Waals surface area contributed by atoms with Gasteiger partial charge in [-0.1, -0.05) is 70.5 Å². The van der Waals surface area contributed by atoms with Crippen LogP contribution in [0.3, 0.4) is 0 Å². The Morgan fingerprint density at radius 1 is 0.522 bits per heavy atom. The van der Waals surface area contributed by atoms with Gasteiger partial charge in [-0.3, -0.25) is 9.59 Å². The van der Waals surface area contributed by atoms with Crippen molar-refractivity contribution in [1.29, 1.82) is 0 Å². The number of hydrogen-bond acceptors (Lipinski definition) is 2. The normalized spacial score (nSPS) is 10.3. The zero-order valence-electron chi connectivity index (χ0n) is 12.2. The van der Waals surface area contributed by atoms with Gasteiger partial charge in [0.15, 0.2) is 11.6 Å². The minimum Gasteiger partial charge on any atom is -0.289 e. The van der Waals surface area contributed by atoms with Gasteiger partial charge in [-0.15, -0.1) is 0 Å². The van der Waals surface area contributed by atoms with Crippen LogP contribution in [0.2, 0.25) is 0 Å². The van der Waals surface area contributed by atoms with E-state index in [0.29, 0.717) is 22.3 Å². The Kier molecular flexibility index (Phi) is 4.49. The Bertz CT molecular complexity index is 835. The van der Waals surface area contributed by atoms with Crippen molar-refractivity contribution in [2.24, 2.45) is 0 Å². The third-order valence-corrected chi connectivity index (χ3v) is 4.08. The summed E-state index contributed by atoms with van der Waals surface area (Å²) in [5, 5.41) is 0. The topological polar surface area (TPSA) is 34.1 Å². The zero-order valence-corrected chi connectivity index (χ0v) is 13.8. The first-order chi connectivity index (χ1) is 11.1. The fraction of sp³-hybridized carbons (Fsp3) is 0. The highest BCUT2D eigenvalue weighted by molar-refractivity contribution is 9.10. The second kappa shape index (κ2) is 6.71. The van der Waals surface area contributed by atoms with Crippen LogP contribution in [0.1, 0.15) is 31.8 Å². The Morgan fingerprint density at radius 2 is 0.870 bits per heavy atom. The van der Waals surface area contributed by atoms with Crippen LogP contribution >= 0.6 is 15.9 Å². The maximum atomic E-state index is 12.4. The Morgan fingerprint density at radius 3 is 1.30 bits per heavy atom. The molecule has 3 aromatic carbocycles. The molecule has 0 aromatic heterocycles. The summed E-state index contributed by atoms with van der Waals surface area (Å²) in [5.41, 5.74) is 2.40. The SMILES string of the molecule is O=C(c1ccccc1)c1ccc(C(=O)c2ccc(Br)cc2)cc1. The lowest BCUT2D eigenvalue weighted by Crippen LogP contribution is -2.04. The molecular formula is C20H13BrO2. The first-order valence-corrected chi connectivity index (χ1v) is 7.94. The van der Waals surface area contributed by atoms with E-state index in [4.69, 9.17) is 0 Å². The van der Waals surface area contributed by atoms with Crippen molar-refractivity contribution in [2.75, 3.05) is 0 Å². The highest BCUT2D eigenvalue weighted by Gasteiger charge is 2.12. The number of rotatable bonds is 4. The molecule has 0 bridgehead atoms. The quantitative estimate of drug-likeness (QED) is 0.616. The summed E-state index contributed by atoms with van der Waals surface area (Å²) in [7, 11) is 0. The van der Waals surface area contributed by atoms with Gasteiger partial charge in [-0.05, 0) is 24.3 Å². The highest BCUT2D eigenvalue weighted by atomic mass is 79.9. The van der Waals surface area contributed by atoms with Crippen molar-refractivity contribution in [3.05, 3.63) is 106 Å². The molecule has 2 nitrogen and oxygen atoms in total. The van der Waals surface area contributed by atoms with E-state index in [1.807, 2.05) is 30.3 Å². The minimum absolute atomic E-state index is 0.0479. The number of ketones is 2. The predicted octanol–water partition coefficient (Wildman–Crippen LogP) is 4.91.